The summed E-state index contributed by atoms with van der Waals surface area (Å²) < 4.78 is 37.1. The number of ether oxygens (including phenoxy) is 1. The standard InChI is InChI=1S/C22H25F2N5O3/c1-10-3-4-12-13(7-14(23)19-20(12)29(10)21(27-19)11(2)30)18-15(24)8-25-22(28-18)26-16-5-6-32-9-17(16)31/h7-8,10-11,16-17,30-31H,3-6,9H2,1-2H3,(H,25,26,28)/t10-,11+,16+,17+/m0/s1. The third kappa shape index (κ3) is 3.42. The van der Waals surface area contributed by atoms with Gasteiger partial charge in [0, 0.05) is 18.2 Å². The summed E-state index contributed by atoms with van der Waals surface area (Å²) in [5, 5.41) is 23.3. The van der Waals surface area contributed by atoms with E-state index in [9.17, 15) is 14.6 Å². The number of nitrogens with one attached hydrogen (secondary N) is 1. The summed E-state index contributed by atoms with van der Waals surface area (Å²) in [5.41, 5.74) is 1.82. The van der Waals surface area contributed by atoms with Crippen molar-refractivity contribution in [2.75, 3.05) is 18.5 Å². The summed E-state index contributed by atoms with van der Waals surface area (Å²) in [6.07, 6.45) is 1.35. The van der Waals surface area contributed by atoms with Crippen molar-refractivity contribution in [3.63, 3.8) is 0 Å². The molecule has 8 nitrogen and oxygen atoms in total. The zero-order valence-electron chi connectivity index (χ0n) is 17.8. The van der Waals surface area contributed by atoms with Crippen LogP contribution in [0.25, 0.3) is 22.3 Å². The molecule has 0 saturated carbocycles. The van der Waals surface area contributed by atoms with E-state index in [0.29, 0.717) is 36.4 Å². The van der Waals surface area contributed by atoms with Crippen LogP contribution in [0.2, 0.25) is 0 Å². The molecule has 10 heteroatoms. The molecule has 4 heterocycles. The van der Waals surface area contributed by atoms with Gasteiger partial charge in [0.2, 0.25) is 5.95 Å². The van der Waals surface area contributed by atoms with Gasteiger partial charge in [0.05, 0.1) is 30.5 Å². The number of anilines is 1. The first-order chi connectivity index (χ1) is 15.3. The third-order valence-corrected chi connectivity index (χ3v) is 6.31. The zero-order valence-corrected chi connectivity index (χ0v) is 17.8. The van der Waals surface area contributed by atoms with Crippen LogP contribution in [-0.2, 0) is 11.2 Å². The van der Waals surface area contributed by atoms with E-state index >= 15 is 4.39 Å². The Hall–Kier alpha value is -2.69. The SMILES string of the molecule is C[C@@H](O)c1nc2c(F)cc(-c3nc(N[C@@H]4CCOC[C@H]4O)ncc3F)c3c2n1[C@@H](C)CC3. The van der Waals surface area contributed by atoms with Crippen molar-refractivity contribution in [1.82, 2.24) is 19.5 Å². The highest BCUT2D eigenvalue weighted by atomic mass is 19.1. The van der Waals surface area contributed by atoms with Crippen LogP contribution in [-0.4, -0.2) is 55.1 Å². The highest BCUT2D eigenvalue weighted by molar-refractivity contribution is 5.88. The number of imidazole rings is 1. The molecule has 2 aromatic heterocycles. The number of benzene rings is 1. The summed E-state index contributed by atoms with van der Waals surface area (Å²) in [7, 11) is 0. The summed E-state index contributed by atoms with van der Waals surface area (Å²) in [6, 6.07) is 0.958. The molecule has 0 radical (unpaired) electrons. The van der Waals surface area contributed by atoms with Crippen molar-refractivity contribution in [3.8, 4) is 11.3 Å². The van der Waals surface area contributed by atoms with Crippen LogP contribution >= 0.6 is 0 Å². The Morgan fingerprint density at radius 1 is 1.25 bits per heavy atom. The maximum atomic E-state index is 15.1. The second-order valence-electron chi connectivity index (χ2n) is 8.56. The molecule has 1 fully saturated rings. The predicted octanol–water partition coefficient (Wildman–Crippen LogP) is 2.89. The van der Waals surface area contributed by atoms with Gasteiger partial charge in [0.25, 0.3) is 0 Å². The summed E-state index contributed by atoms with van der Waals surface area (Å²) in [5.74, 6) is -0.717. The van der Waals surface area contributed by atoms with E-state index in [-0.39, 0.29) is 35.8 Å². The lowest BCUT2D eigenvalue weighted by molar-refractivity contribution is -0.0136. The van der Waals surface area contributed by atoms with Gasteiger partial charge in [-0.05, 0) is 44.7 Å². The molecule has 0 bridgehead atoms. The molecule has 3 N–H and O–H groups in total. The number of nitrogens with zero attached hydrogens (tertiary/aromatic N) is 4. The molecule has 0 aliphatic carbocycles. The van der Waals surface area contributed by atoms with Crippen LogP contribution in [0.4, 0.5) is 14.7 Å². The van der Waals surface area contributed by atoms with Gasteiger partial charge in [0.15, 0.2) is 11.6 Å². The van der Waals surface area contributed by atoms with Crippen LogP contribution in [0.5, 0.6) is 0 Å². The van der Waals surface area contributed by atoms with Crippen molar-refractivity contribution < 1.29 is 23.7 Å². The lowest BCUT2D eigenvalue weighted by Crippen LogP contribution is -2.42. The molecule has 0 unspecified atom stereocenters. The first-order valence-corrected chi connectivity index (χ1v) is 10.8. The fourth-order valence-corrected chi connectivity index (χ4v) is 4.68. The Balaban J connectivity index is 1.64. The molecular weight excluding hydrogens is 420 g/mol. The first kappa shape index (κ1) is 21.2. The number of halogens is 2. The van der Waals surface area contributed by atoms with E-state index in [1.165, 1.54) is 6.07 Å². The quantitative estimate of drug-likeness (QED) is 0.567. The van der Waals surface area contributed by atoms with Crippen LogP contribution in [0.3, 0.4) is 0 Å². The highest BCUT2D eigenvalue weighted by Gasteiger charge is 2.30. The topological polar surface area (TPSA) is 105 Å². The van der Waals surface area contributed by atoms with Gasteiger partial charge < -0.3 is 24.8 Å². The number of aromatic nitrogens is 4. The molecule has 2 aliphatic rings. The average Bonchev–Trinajstić information content (AvgIpc) is 3.18. The minimum Gasteiger partial charge on any atom is -0.389 e. The fourth-order valence-electron chi connectivity index (χ4n) is 4.68. The van der Waals surface area contributed by atoms with Gasteiger partial charge in [-0.3, -0.25) is 0 Å². The second-order valence-corrected chi connectivity index (χ2v) is 8.56. The number of rotatable bonds is 4. The lowest BCUT2D eigenvalue weighted by atomic mass is 9.93. The Morgan fingerprint density at radius 2 is 2.06 bits per heavy atom. The lowest BCUT2D eigenvalue weighted by Gasteiger charge is -2.28. The molecule has 1 aromatic carbocycles. The molecule has 0 spiro atoms. The van der Waals surface area contributed by atoms with E-state index < -0.39 is 23.8 Å². The minimum absolute atomic E-state index is 0.0132. The number of aliphatic hydroxyl groups excluding tert-OH is 2. The average molecular weight is 445 g/mol. The van der Waals surface area contributed by atoms with Gasteiger partial charge in [-0.2, -0.15) is 0 Å². The molecule has 3 aromatic rings. The number of aryl methyl sites for hydroxylation is 1. The van der Waals surface area contributed by atoms with Gasteiger partial charge in [-0.25, -0.2) is 23.7 Å². The van der Waals surface area contributed by atoms with E-state index in [2.05, 4.69) is 20.3 Å². The third-order valence-electron chi connectivity index (χ3n) is 6.31. The van der Waals surface area contributed by atoms with E-state index in [0.717, 1.165) is 18.2 Å². The van der Waals surface area contributed by atoms with Crippen molar-refractivity contribution >= 4 is 17.0 Å². The Labute approximate surface area is 183 Å². The monoisotopic (exact) mass is 445 g/mol. The predicted molar refractivity (Wildman–Crippen MR) is 113 cm³/mol. The highest BCUT2D eigenvalue weighted by Crippen LogP contribution is 2.40. The normalized spacial score (nSPS) is 24.0. The van der Waals surface area contributed by atoms with Crippen molar-refractivity contribution in [2.45, 2.75) is 57.4 Å². The maximum Gasteiger partial charge on any atom is 0.223 e. The number of aliphatic hydroxyl groups is 2. The van der Waals surface area contributed by atoms with E-state index in [1.807, 2.05) is 11.5 Å². The maximum absolute atomic E-state index is 15.1. The molecule has 5 rings (SSSR count). The van der Waals surface area contributed by atoms with Crippen LogP contribution in [0, 0.1) is 11.6 Å². The van der Waals surface area contributed by atoms with Crippen LogP contribution in [0.1, 0.15) is 50.2 Å². The number of hydrogen-bond acceptors (Lipinski definition) is 7. The Morgan fingerprint density at radius 3 is 2.81 bits per heavy atom. The zero-order chi connectivity index (χ0) is 22.6. The number of hydrogen-bond donors (Lipinski definition) is 3. The largest absolute Gasteiger partial charge is 0.389 e. The van der Waals surface area contributed by atoms with Crippen molar-refractivity contribution in [2.24, 2.45) is 0 Å². The molecule has 32 heavy (non-hydrogen) atoms. The summed E-state index contributed by atoms with van der Waals surface area (Å²) in [6.45, 7) is 4.28. The summed E-state index contributed by atoms with van der Waals surface area (Å²) >= 11 is 0. The van der Waals surface area contributed by atoms with Crippen LogP contribution < -0.4 is 5.32 Å². The van der Waals surface area contributed by atoms with Crippen molar-refractivity contribution in [1.29, 1.82) is 0 Å². The molecule has 4 atom stereocenters. The molecule has 1 saturated heterocycles. The minimum atomic E-state index is -0.865. The van der Waals surface area contributed by atoms with E-state index in [1.54, 1.807) is 6.92 Å². The Bertz CT molecular complexity index is 1180. The summed E-state index contributed by atoms with van der Waals surface area (Å²) in [4.78, 5) is 12.7. The van der Waals surface area contributed by atoms with Crippen molar-refractivity contribution in [3.05, 3.63) is 35.3 Å². The molecule has 0 amide bonds. The smallest absolute Gasteiger partial charge is 0.223 e. The van der Waals surface area contributed by atoms with E-state index in [4.69, 9.17) is 4.74 Å². The van der Waals surface area contributed by atoms with Gasteiger partial charge in [-0.1, -0.05) is 0 Å². The Kier molecular flexibility index (Phi) is 5.31. The first-order valence-electron chi connectivity index (χ1n) is 10.8. The van der Waals surface area contributed by atoms with Gasteiger partial charge >= 0.3 is 0 Å². The second kappa shape index (κ2) is 8.02. The van der Waals surface area contributed by atoms with Crippen LogP contribution in [0.15, 0.2) is 12.3 Å². The molecule has 170 valence electrons. The van der Waals surface area contributed by atoms with Gasteiger partial charge in [0.1, 0.15) is 23.1 Å². The molecular formula is C22H25F2N5O3. The fraction of sp³-hybridized carbons (Fsp3) is 0.500. The van der Waals surface area contributed by atoms with Gasteiger partial charge in [-0.15, -0.1) is 0 Å². The molecule has 2 aliphatic heterocycles.